The van der Waals surface area contributed by atoms with Gasteiger partial charge in [-0.1, -0.05) is 24.3 Å². The van der Waals surface area contributed by atoms with E-state index in [1.165, 1.54) is 0 Å². The quantitative estimate of drug-likeness (QED) is 0.309. The molecule has 130 valence electrons. The molecule has 0 spiro atoms. The van der Waals surface area contributed by atoms with Crippen LogP contribution in [-0.4, -0.2) is 19.1 Å². The predicted octanol–water partition coefficient (Wildman–Crippen LogP) is 1.88. The second kappa shape index (κ2) is 5.48. The molecular formula is C21H18N6+2. The number of hydrogen-bond donors (Lipinski definition) is 0. The first-order valence-corrected chi connectivity index (χ1v) is 9.08. The molecule has 6 heteroatoms. The first-order chi connectivity index (χ1) is 13.3. The van der Waals surface area contributed by atoms with Crippen LogP contribution in [0, 0.1) is 0 Å². The summed E-state index contributed by atoms with van der Waals surface area (Å²) in [5.41, 5.74) is 4.03. The van der Waals surface area contributed by atoms with E-state index in [4.69, 9.17) is 9.97 Å². The maximum atomic E-state index is 4.96. The van der Waals surface area contributed by atoms with E-state index in [2.05, 4.69) is 92.1 Å². The van der Waals surface area contributed by atoms with Gasteiger partial charge in [0, 0.05) is 10.8 Å². The summed E-state index contributed by atoms with van der Waals surface area (Å²) in [7, 11) is 0. The number of aromatic nitrogens is 6. The molecule has 0 aliphatic carbocycles. The molecule has 4 aromatic heterocycles. The molecule has 27 heavy (non-hydrogen) atoms. The fraction of sp³-hybridized carbons (Fsp3) is 0.143. The molecule has 5 heterocycles. The van der Waals surface area contributed by atoms with Crippen LogP contribution in [0.2, 0.25) is 0 Å². The lowest BCUT2D eigenvalue weighted by Crippen LogP contribution is -2.49. The summed E-state index contributed by atoms with van der Waals surface area (Å²) in [5, 5.41) is 2.25. The zero-order chi connectivity index (χ0) is 17.8. The fourth-order valence-electron chi connectivity index (χ4n) is 3.82. The zero-order valence-electron chi connectivity index (χ0n) is 14.7. The van der Waals surface area contributed by atoms with E-state index in [-0.39, 0.29) is 0 Å². The summed E-state index contributed by atoms with van der Waals surface area (Å²) in [5.74, 6) is 0. The van der Waals surface area contributed by atoms with Crippen LogP contribution >= 0.6 is 0 Å². The third-order valence-electron chi connectivity index (χ3n) is 5.14. The monoisotopic (exact) mass is 354 g/mol. The van der Waals surface area contributed by atoms with Crippen molar-refractivity contribution in [1.29, 1.82) is 0 Å². The SMILES string of the molecule is c1cc2ccc3ccc4nc3c2nc1Cn1cc[n+](c1)C[n+]1ccn(c1)C4. The Morgan fingerprint density at radius 2 is 1.15 bits per heavy atom. The summed E-state index contributed by atoms with van der Waals surface area (Å²) < 4.78 is 8.66. The number of benzene rings is 1. The lowest BCUT2D eigenvalue weighted by atomic mass is 10.1. The molecule has 8 bridgehead atoms. The predicted molar refractivity (Wildman–Crippen MR) is 99.9 cm³/mol. The highest BCUT2D eigenvalue weighted by atomic mass is 15.2. The smallest absolute Gasteiger partial charge is 0.246 e. The minimum absolute atomic E-state index is 0.741. The van der Waals surface area contributed by atoms with Gasteiger partial charge in [-0.2, -0.15) is 9.13 Å². The van der Waals surface area contributed by atoms with Crippen molar-refractivity contribution in [2.24, 2.45) is 0 Å². The summed E-state index contributed by atoms with van der Waals surface area (Å²) in [4.78, 5) is 9.92. The van der Waals surface area contributed by atoms with E-state index in [0.717, 1.165) is 53.0 Å². The number of nitrogens with zero attached hydrogens (tertiary/aromatic N) is 6. The van der Waals surface area contributed by atoms with Crippen molar-refractivity contribution in [2.45, 2.75) is 19.8 Å². The largest absolute Gasteiger partial charge is 0.247 e. The first kappa shape index (κ1) is 14.6. The van der Waals surface area contributed by atoms with Crippen molar-refractivity contribution in [3.8, 4) is 0 Å². The van der Waals surface area contributed by atoms with Crippen LogP contribution in [0.3, 0.4) is 0 Å². The highest BCUT2D eigenvalue weighted by Gasteiger charge is 2.13. The molecular weight excluding hydrogens is 336 g/mol. The zero-order valence-corrected chi connectivity index (χ0v) is 14.7. The van der Waals surface area contributed by atoms with Crippen LogP contribution in [-0.2, 0) is 19.8 Å². The highest BCUT2D eigenvalue weighted by molar-refractivity contribution is 6.02. The Morgan fingerprint density at radius 1 is 0.667 bits per heavy atom. The molecule has 0 N–H and O–H groups in total. The maximum Gasteiger partial charge on any atom is 0.247 e. The molecule has 0 saturated heterocycles. The standard InChI is InChI=1S/C21H18N6/c1-2-17-4-6-19-12-25-8-10-27(14-25)15-26-9-7-24(13-26)11-18-5-3-16(1)20(22-18)21(17)23-19/h1-10,13-14H,11-12,15H2/q+2. The van der Waals surface area contributed by atoms with Gasteiger partial charge in [0.1, 0.15) is 37.9 Å². The number of hydrogen-bond acceptors (Lipinski definition) is 2. The van der Waals surface area contributed by atoms with Gasteiger partial charge in [-0.3, -0.25) is 0 Å². The first-order valence-electron chi connectivity index (χ1n) is 9.08. The summed E-state index contributed by atoms with van der Waals surface area (Å²) in [6.07, 6.45) is 12.6. The van der Waals surface area contributed by atoms with Gasteiger partial charge in [-0.25, -0.2) is 19.1 Å². The number of fused-ring (bicyclic) bond motifs is 6. The molecule has 0 radical (unpaired) electrons. The van der Waals surface area contributed by atoms with E-state index < -0.39 is 0 Å². The van der Waals surface area contributed by atoms with Crippen molar-refractivity contribution in [3.63, 3.8) is 0 Å². The van der Waals surface area contributed by atoms with Gasteiger partial charge in [0.2, 0.25) is 19.3 Å². The van der Waals surface area contributed by atoms with E-state index >= 15 is 0 Å². The Morgan fingerprint density at radius 3 is 1.67 bits per heavy atom. The van der Waals surface area contributed by atoms with Gasteiger partial charge in [-0.05, 0) is 12.1 Å². The van der Waals surface area contributed by atoms with Gasteiger partial charge in [-0.15, -0.1) is 0 Å². The normalized spacial score (nSPS) is 13.5. The van der Waals surface area contributed by atoms with Crippen molar-refractivity contribution in [2.75, 3.05) is 0 Å². The third kappa shape index (κ3) is 2.49. The van der Waals surface area contributed by atoms with Gasteiger partial charge in [0.15, 0.2) is 0 Å². The molecule has 0 atom stereocenters. The molecule has 0 saturated carbocycles. The fourth-order valence-corrected chi connectivity index (χ4v) is 3.82. The van der Waals surface area contributed by atoms with Crippen LogP contribution in [0.4, 0.5) is 0 Å². The summed E-state index contributed by atoms with van der Waals surface area (Å²) in [6.45, 7) is 2.26. The van der Waals surface area contributed by atoms with Crippen LogP contribution in [0.1, 0.15) is 11.4 Å². The van der Waals surface area contributed by atoms with Crippen LogP contribution in [0.5, 0.6) is 0 Å². The van der Waals surface area contributed by atoms with E-state index in [0.29, 0.717) is 0 Å². The van der Waals surface area contributed by atoms with Crippen LogP contribution < -0.4 is 9.13 Å². The van der Waals surface area contributed by atoms with Crippen molar-refractivity contribution in [1.82, 2.24) is 19.1 Å². The molecule has 1 aliphatic heterocycles. The van der Waals surface area contributed by atoms with Crippen LogP contribution in [0.25, 0.3) is 21.8 Å². The summed E-state index contributed by atoms with van der Waals surface area (Å²) >= 11 is 0. The second-order valence-corrected chi connectivity index (χ2v) is 7.16. The lowest BCUT2D eigenvalue weighted by Gasteiger charge is -2.06. The average Bonchev–Trinajstić information content (AvgIpc) is 3.30. The lowest BCUT2D eigenvalue weighted by molar-refractivity contribution is -0.912. The molecule has 6 rings (SSSR count). The molecule has 0 fully saturated rings. The topological polar surface area (TPSA) is 43.4 Å². The highest BCUT2D eigenvalue weighted by Crippen LogP contribution is 2.23. The van der Waals surface area contributed by atoms with E-state index in [1.807, 2.05) is 0 Å². The maximum absolute atomic E-state index is 4.96. The van der Waals surface area contributed by atoms with E-state index in [9.17, 15) is 0 Å². The number of imidazole rings is 2. The molecule has 0 amide bonds. The minimum Gasteiger partial charge on any atom is -0.246 e. The third-order valence-corrected chi connectivity index (χ3v) is 5.14. The Kier molecular flexibility index (Phi) is 2.96. The van der Waals surface area contributed by atoms with Crippen LogP contribution in [0.15, 0.2) is 73.8 Å². The average molecular weight is 354 g/mol. The molecule has 1 aliphatic rings. The van der Waals surface area contributed by atoms with Gasteiger partial charge >= 0.3 is 0 Å². The van der Waals surface area contributed by atoms with Gasteiger partial charge in [0.25, 0.3) is 0 Å². The van der Waals surface area contributed by atoms with E-state index in [1.54, 1.807) is 0 Å². The van der Waals surface area contributed by atoms with Gasteiger partial charge in [0.05, 0.1) is 22.4 Å². The van der Waals surface area contributed by atoms with Crippen molar-refractivity contribution < 1.29 is 9.13 Å². The van der Waals surface area contributed by atoms with Crippen molar-refractivity contribution >= 4 is 21.8 Å². The summed E-state index contributed by atoms with van der Waals surface area (Å²) in [6, 6.07) is 12.8. The minimum atomic E-state index is 0.741. The Balaban J connectivity index is 1.62. The Bertz CT molecular complexity index is 1210. The second-order valence-electron chi connectivity index (χ2n) is 7.16. The van der Waals surface area contributed by atoms with Crippen molar-refractivity contribution in [3.05, 3.63) is 85.2 Å². The number of rotatable bonds is 0. The molecule has 0 unspecified atom stereocenters. The molecule has 1 aromatic carbocycles. The Hall–Kier alpha value is -3.54. The molecule has 5 aromatic rings. The van der Waals surface area contributed by atoms with Gasteiger partial charge < -0.3 is 0 Å². The molecule has 6 nitrogen and oxygen atoms in total. The number of pyridine rings is 2. The Labute approximate surface area is 155 Å².